The fourth-order valence-electron chi connectivity index (χ4n) is 2.25. The first kappa shape index (κ1) is 14.8. The van der Waals surface area contributed by atoms with Crippen LogP contribution in [0.25, 0.3) is 0 Å². The molecule has 0 aliphatic carbocycles. The topological polar surface area (TPSA) is 32.5 Å². The molecule has 0 atom stereocenters. The second kappa shape index (κ2) is 7.98. The molecule has 0 saturated heterocycles. The molecule has 1 rings (SSSR count). The number of rotatable bonds is 8. The molecule has 0 aliphatic rings. The molecule has 0 radical (unpaired) electrons. The Morgan fingerprint density at radius 3 is 2.17 bits per heavy atom. The van der Waals surface area contributed by atoms with E-state index in [1.54, 1.807) is 0 Å². The van der Waals surface area contributed by atoms with Crippen LogP contribution < -0.4 is 10.6 Å². The van der Waals surface area contributed by atoms with Gasteiger partial charge in [0.25, 0.3) is 0 Å². The van der Waals surface area contributed by atoms with Crippen molar-refractivity contribution >= 4 is 11.4 Å². The third-order valence-electron chi connectivity index (χ3n) is 3.46. The van der Waals surface area contributed by atoms with Crippen LogP contribution in [0.15, 0.2) is 24.3 Å². The molecule has 0 amide bonds. The van der Waals surface area contributed by atoms with Crippen molar-refractivity contribution in [3.05, 3.63) is 24.3 Å². The summed E-state index contributed by atoms with van der Waals surface area (Å²) in [6, 6.07) is 8.12. The van der Waals surface area contributed by atoms with Gasteiger partial charge < -0.3 is 15.5 Å². The average Bonchev–Trinajstić information content (AvgIpc) is 2.40. The number of nitrogen functional groups attached to an aromatic ring is 1. The number of nitrogens with two attached hydrogens (primary N) is 1. The molecule has 0 fully saturated rings. The van der Waals surface area contributed by atoms with Gasteiger partial charge in [0.05, 0.1) is 11.4 Å². The maximum absolute atomic E-state index is 6.03. The molecule has 3 nitrogen and oxygen atoms in total. The van der Waals surface area contributed by atoms with Crippen LogP contribution in [0.1, 0.15) is 27.2 Å². The Morgan fingerprint density at radius 2 is 1.61 bits per heavy atom. The molecule has 0 unspecified atom stereocenters. The molecule has 1 aromatic rings. The van der Waals surface area contributed by atoms with Crippen molar-refractivity contribution in [2.75, 3.05) is 43.4 Å². The van der Waals surface area contributed by atoms with Gasteiger partial charge in [0.1, 0.15) is 0 Å². The fourth-order valence-corrected chi connectivity index (χ4v) is 2.25. The summed E-state index contributed by atoms with van der Waals surface area (Å²) in [7, 11) is 0. The van der Waals surface area contributed by atoms with Gasteiger partial charge in [-0.15, -0.1) is 0 Å². The number of para-hydroxylation sites is 2. The Hall–Kier alpha value is -1.22. The van der Waals surface area contributed by atoms with E-state index < -0.39 is 0 Å². The van der Waals surface area contributed by atoms with E-state index in [0.29, 0.717) is 0 Å². The highest BCUT2D eigenvalue weighted by Crippen LogP contribution is 2.22. The monoisotopic (exact) mass is 249 g/mol. The lowest BCUT2D eigenvalue weighted by atomic mass is 10.2. The molecule has 0 heterocycles. The fraction of sp³-hybridized carbons (Fsp3) is 0.600. The molecule has 0 aliphatic heterocycles. The smallest absolute Gasteiger partial charge is 0.0599 e. The molecular formula is C15H27N3. The molecule has 0 bridgehead atoms. The number of nitrogens with zero attached hydrogens (tertiary/aromatic N) is 2. The Morgan fingerprint density at radius 1 is 0.944 bits per heavy atom. The van der Waals surface area contributed by atoms with Crippen LogP contribution in [0.4, 0.5) is 11.4 Å². The second-order valence-electron chi connectivity index (χ2n) is 4.52. The van der Waals surface area contributed by atoms with Crippen LogP contribution in [-0.2, 0) is 0 Å². The van der Waals surface area contributed by atoms with Crippen molar-refractivity contribution in [3.8, 4) is 0 Å². The van der Waals surface area contributed by atoms with Gasteiger partial charge in [0.2, 0.25) is 0 Å². The number of hydrogen-bond donors (Lipinski definition) is 1. The lowest BCUT2D eigenvalue weighted by Gasteiger charge is -2.26. The summed E-state index contributed by atoms with van der Waals surface area (Å²) in [4.78, 5) is 4.82. The molecular weight excluding hydrogens is 222 g/mol. The zero-order valence-corrected chi connectivity index (χ0v) is 12.0. The van der Waals surface area contributed by atoms with E-state index in [4.69, 9.17) is 5.73 Å². The van der Waals surface area contributed by atoms with Gasteiger partial charge in [-0.3, -0.25) is 0 Å². The van der Waals surface area contributed by atoms with Crippen molar-refractivity contribution in [1.29, 1.82) is 0 Å². The van der Waals surface area contributed by atoms with Crippen molar-refractivity contribution in [3.63, 3.8) is 0 Å². The molecule has 3 heteroatoms. The van der Waals surface area contributed by atoms with Crippen LogP contribution in [0.3, 0.4) is 0 Å². The van der Waals surface area contributed by atoms with Crippen molar-refractivity contribution in [2.45, 2.75) is 27.2 Å². The van der Waals surface area contributed by atoms with Gasteiger partial charge in [-0.25, -0.2) is 0 Å². The van der Waals surface area contributed by atoms with E-state index >= 15 is 0 Å². The van der Waals surface area contributed by atoms with Gasteiger partial charge in [-0.05, 0) is 45.1 Å². The van der Waals surface area contributed by atoms with E-state index in [9.17, 15) is 0 Å². The highest BCUT2D eigenvalue weighted by atomic mass is 15.1. The van der Waals surface area contributed by atoms with Crippen molar-refractivity contribution in [1.82, 2.24) is 4.90 Å². The summed E-state index contributed by atoms with van der Waals surface area (Å²) >= 11 is 0. The van der Waals surface area contributed by atoms with Crippen LogP contribution in [0, 0.1) is 0 Å². The Kier molecular flexibility index (Phi) is 6.58. The average molecular weight is 249 g/mol. The molecule has 2 N–H and O–H groups in total. The maximum atomic E-state index is 6.03. The van der Waals surface area contributed by atoms with Gasteiger partial charge in [-0.1, -0.05) is 26.0 Å². The maximum Gasteiger partial charge on any atom is 0.0599 e. The summed E-state index contributed by atoms with van der Waals surface area (Å²) in [6.07, 6.45) is 1.18. The van der Waals surface area contributed by atoms with Crippen LogP contribution in [0.2, 0.25) is 0 Å². The van der Waals surface area contributed by atoms with Gasteiger partial charge in [-0.2, -0.15) is 0 Å². The normalized spacial score (nSPS) is 10.9. The number of anilines is 2. The highest BCUT2D eigenvalue weighted by molar-refractivity contribution is 5.67. The molecule has 0 spiro atoms. The quantitative estimate of drug-likeness (QED) is 0.719. The summed E-state index contributed by atoms with van der Waals surface area (Å²) in [5, 5.41) is 0. The minimum atomic E-state index is 0.877. The molecule has 18 heavy (non-hydrogen) atoms. The van der Waals surface area contributed by atoms with Gasteiger partial charge >= 0.3 is 0 Å². The molecule has 102 valence electrons. The first-order valence-corrected chi connectivity index (χ1v) is 7.04. The summed E-state index contributed by atoms with van der Waals surface area (Å²) < 4.78 is 0. The zero-order chi connectivity index (χ0) is 13.4. The van der Waals surface area contributed by atoms with E-state index in [0.717, 1.165) is 38.4 Å². The highest BCUT2D eigenvalue weighted by Gasteiger charge is 2.07. The summed E-state index contributed by atoms with van der Waals surface area (Å²) in [5.41, 5.74) is 8.07. The van der Waals surface area contributed by atoms with E-state index in [2.05, 4.69) is 42.7 Å². The third kappa shape index (κ3) is 4.22. The van der Waals surface area contributed by atoms with Crippen LogP contribution in [-0.4, -0.2) is 37.6 Å². The number of benzene rings is 1. The minimum absolute atomic E-state index is 0.877. The first-order valence-electron chi connectivity index (χ1n) is 7.04. The van der Waals surface area contributed by atoms with Crippen LogP contribution >= 0.6 is 0 Å². The zero-order valence-electron chi connectivity index (χ0n) is 12.0. The van der Waals surface area contributed by atoms with Gasteiger partial charge in [0, 0.05) is 13.1 Å². The number of hydrogen-bond acceptors (Lipinski definition) is 3. The standard InChI is InChI=1S/C15H27N3/c1-4-17(5-2)12-9-13-18(6-3)15-11-8-7-10-14(15)16/h7-8,10-11H,4-6,9,12-13,16H2,1-3H3. The first-order chi connectivity index (χ1) is 8.72. The van der Waals surface area contributed by atoms with Crippen molar-refractivity contribution < 1.29 is 0 Å². The Labute approximate surface area is 112 Å². The Bertz CT molecular complexity index is 334. The molecule has 1 aromatic carbocycles. The minimum Gasteiger partial charge on any atom is -0.397 e. The van der Waals surface area contributed by atoms with E-state index in [1.165, 1.54) is 12.1 Å². The van der Waals surface area contributed by atoms with Gasteiger partial charge in [0.15, 0.2) is 0 Å². The lowest BCUT2D eigenvalue weighted by molar-refractivity contribution is 0.301. The molecule has 0 saturated carbocycles. The summed E-state index contributed by atoms with van der Waals surface area (Å²) in [6.45, 7) is 12.1. The summed E-state index contributed by atoms with van der Waals surface area (Å²) in [5.74, 6) is 0. The lowest BCUT2D eigenvalue weighted by Crippen LogP contribution is -2.30. The second-order valence-corrected chi connectivity index (χ2v) is 4.52. The SMILES string of the molecule is CCN(CC)CCCN(CC)c1ccccc1N. The third-order valence-corrected chi connectivity index (χ3v) is 3.46. The predicted octanol–water partition coefficient (Wildman–Crippen LogP) is 2.83. The van der Waals surface area contributed by atoms with Crippen molar-refractivity contribution in [2.24, 2.45) is 0 Å². The van der Waals surface area contributed by atoms with Crippen LogP contribution in [0.5, 0.6) is 0 Å². The largest absolute Gasteiger partial charge is 0.397 e. The van der Waals surface area contributed by atoms with E-state index in [-0.39, 0.29) is 0 Å². The molecule has 0 aromatic heterocycles. The predicted molar refractivity (Wildman–Crippen MR) is 81.1 cm³/mol. The van der Waals surface area contributed by atoms with E-state index in [1.807, 2.05) is 12.1 Å². The Balaban J connectivity index is 2.50.